The van der Waals surface area contributed by atoms with Gasteiger partial charge in [0, 0.05) is 11.3 Å². The van der Waals surface area contributed by atoms with Gasteiger partial charge in [0.15, 0.2) is 6.17 Å². The van der Waals surface area contributed by atoms with Crippen LogP contribution in [0.3, 0.4) is 0 Å². The molecule has 1 atom stereocenters. The third-order valence-corrected chi connectivity index (χ3v) is 5.98. The molecule has 172 valence electrons. The first-order valence-electron chi connectivity index (χ1n) is 10.8. The van der Waals surface area contributed by atoms with Crippen LogP contribution in [0.4, 0.5) is 22.0 Å². The fourth-order valence-corrected chi connectivity index (χ4v) is 4.39. The van der Waals surface area contributed by atoms with E-state index in [2.05, 4.69) is 0 Å². The monoisotopic (exact) mass is 456 g/mol. The van der Waals surface area contributed by atoms with Gasteiger partial charge < -0.3 is 0 Å². The fraction of sp³-hybridized carbons (Fsp3) is 0.296. The molecule has 0 radical (unpaired) electrons. The number of rotatable bonds is 4. The van der Waals surface area contributed by atoms with Gasteiger partial charge in [-0.05, 0) is 59.8 Å². The Labute approximate surface area is 190 Å². The number of pyridine rings is 1. The molecule has 33 heavy (non-hydrogen) atoms. The molecule has 0 N–H and O–H groups in total. The Morgan fingerprint density at radius 3 is 2.12 bits per heavy atom. The quantitative estimate of drug-likeness (QED) is 0.285. The summed E-state index contributed by atoms with van der Waals surface area (Å²) < 4.78 is 68.9. The van der Waals surface area contributed by atoms with Crippen molar-refractivity contribution in [3.63, 3.8) is 0 Å². The van der Waals surface area contributed by atoms with Crippen molar-refractivity contribution in [2.75, 3.05) is 0 Å². The normalized spacial score (nSPS) is 15.0. The number of hydrogen-bond acceptors (Lipinski definition) is 1. The highest BCUT2D eigenvalue weighted by molar-refractivity contribution is 5.85. The molecule has 0 spiro atoms. The maximum Gasteiger partial charge on any atom is 0.416 e. The molecule has 0 aliphatic heterocycles. The van der Waals surface area contributed by atoms with Gasteiger partial charge in [0.25, 0.3) is 0 Å². The molecule has 4 rings (SSSR count). The molecule has 1 heterocycles. The molecule has 1 aliphatic rings. The molecule has 3 aromatic rings. The number of aryl methyl sites for hydroxylation is 1. The van der Waals surface area contributed by atoms with Crippen LogP contribution < -0.4 is 0 Å². The molecular formula is C27H23F5N-. The van der Waals surface area contributed by atoms with Crippen molar-refractivity contribution in [3.05, 3.63) is 94.6 Å². The van der Waals surface area contributed by atoms with Crippen LogP contribution in [0.1, 0.15) is 72.4 Å². The summed E-state index contributed by atoms with van der Waals surface area (Å²) in [7, 11) is 0. The van der Waals surface area contributed by atoms with Crippen LogP contribution in [0.15, 0.2) is 48.5 Å². The maximum atomic E-state index is 16.2. The molecule has 1 aliphatic carbocycles. The third kappa shape index (κ3) is 4.43. The predicted octanol–water partition coefficient (Wildman–Crippen LogP) is 8.24. The Hall–Kier alpha value is -3.02. The summed E-state index contributed by atoms with van der Waals surface area (Å²) in [6.45, 7) is 10.2. The zero-order valence-corrected chi connectivity index (χ0v) is 18.3. The van der Waals surface area contributed by atoms with Crippen molar-refractivity contribution >= 4 is 5.57 Å². The van der Waals surface area contributed by atoms with Gasteiger partial charge in [-0.15, -0.1) is 5.56 Å². The van der Waals surface area contributed by atoms with Gasteiger partial charge in [-0.3, -0.25) is 11.6 Å². The topological polar surface area (TPSA) is 12.9 Å². The van der Waals surface area contributed by atoms with Gasteiger partial charge in [0.05, 0.1) is 5.56 Å². The van der Waals surface area contributed by atoms with E-state index in [1.165, 1.54) is 12.1 Å². The number of aromatic nitrogens is 1. The molecule has 1 aromatic heterocycles. The first kappa shape index (κ1) is 23.1. The number of allylic oxidation sites excluding steroid dienone is 1. The number of halogens is 5. The van der Waals surface area contributed by atoms with Crippen LogP contribution in [0, 0.1) is 12.4 Å². The van der Waals surface area contributed by atoms with E-state index in [9.17, 15) is 17.6 Å². The van der Waals surface area contributed by atoms with E-state index in [0.29, 0.717) is 40.8 Å². The molecule has 0 saturated carbocycles. The predicted molar refractivity (Wildman–Crippen MR) is 119 cm³/mol. The molecule has 0 amide bonds. The smallest absolute Gasteiger partial charge is 0.289 e. The van der Waals surface area contributed by atoms with E-state index < -0.39 is 23.7 Å². The number of fused-ring (bicyclic) bond motifs is 1. The second kappa shape index (κ2) is 8.73. The molecule has 2 aromatic carbocycles. The zero-order chi connectivity index (χ0) is 23.9. The minimum absolute atomic E-state index is 0.0874. The summed E-state index contributed by atoms with van der Waals surface area (Å²) in [5, 5.41) is 0. The summed E-state index contributed by atoms with van der Waals surface area (Å²) in [6, 6.07) is 9.79. The highest BCUT2D eigenvalue weighted by Gasteiger charge is 2.31. The number of hydrogen-bond donors (Lipinski definition) is 0. The van der Waals surface area contributed by atoms with Crippen molar-refractivity contribution in [1.29, 1.82) is 0 Å². The largest absolute Gasteiger partial charge is 0.416 e. The first-order chi connectivity index (χ1) is 15.6. The molecule has 1 nitrogen and oxygen atoms in total. The van der Waals surface area contributed by atoms with Crippen LogP contribution in [0.25, 0.3) is 16.7 Å². The van der Waals surface area contributed by atoms with Crippen LogP contribution in [0.5, 0.6) is 0 Å². The minimum atomic E-state index is -4.51. The Morgan fingerprint density at radius 2 is 1.55 bits per heavy atom. The van der Waals surface area contributed by atoms with Crippen molar-refractivity contribution in [3.8, 4) is 11.1 Å². The van der Waals surface area contributed by atoms with Crippen molar-refractivity contribution in [1.82, 2.24) is 4.98 Å². The van der Waals surface area contributed by atoms with Gasteiger partial charge in [-0.1, -0.05) is 50.1 Å². The van der Waals surface area contributed by atoms with Crippen molar-refractivity contribution < 1.29 is 22.0 Å². The molecule has 1 unspecified atom stereocenters. The lowest BCUT2D eigenvalue weighted by Gasteiger charge is -2.34. The fourth-order valence-electron chi connectivity index (χ4n) is 4.39. The SMILES string of the molecule is [CH-]=C1CCCc2nc(C(C)C)c(C(F)c3ccc(C(F)(F)F)cc3)c(-c3ccc(F)cc3)c21. The lowest BCUT2D eigenvalue weighted by Crippen LogP contribution is -2.15. The maximum absolute atomic E-state index is 16.2. The van der Waals surface area contributed by atoms with Crippen molar-refractivity contribution in [2.24, 2.45) is 0 Å². The average molecular weight is 456 g/mol. The Kier molecular flexibility index (Phi) is 6.12. The van der Waals surface area contributed by atoms with E-state index in [0.717, 1.165) is 36.4 Å². The van der Waals surface area contributed by atoms with Crippen LogP contribution >= 0.6 is 0 Å². The Morgan fingerprint density at radius 1 is 0.909 bits per heavy atom. The van der Waals surface area contributed by atoms with E-state index in [1.54, 1.807) is 12.1 Å². The van der Waals surface area contributed by atoms with Crippen molar-refractivity contribution in [2.45, 2.75) is 51.4 Å². The Balaban J connectivity index is 1.98. The zero-order valence-electron chi connectivity index (χ0n) is 18.3. The molecule has 0 fully saturated rings. The van der Waals surface area contributed by atoms with E-state index >= 15 is 4.39 Å². The van der Waals surface area contributed by atoms with Gasteiger partial charge in [0.2, 0.25) is 0 Å². The van der Waals surface area contributed by atoms with E-state index in [-0.39, 0.29) is 17.0 Å². The van der Waals surface area contributed by atoms with Gasteiger partial charge >= 0.3 is 6.18 Å². The average Bonchev–Trinajstić information content (AvgIpc) is 2.77. The summed E-state index contributed by atoms with van der Waals surface area (Å²) in [5.41, 5.74) is 3.16. The molecule has 0 saturated heterocycles. The van der Waals surface area contributed by atoms with E-state index in [1.807, 2.05) is 13.8 Å². The van der Waals surface area contributed by atoms with Gasteiger partial charge in [0.1, 0.15) is 5.82 Å². The standard InChI is InChI=1S/C27H23F5N/c1-15(2)26-24(25(29)18-7-11-19(12-8-18)27(30,31)32)23(17-9-13-20(28)14-10-17)22-16(3)5-4-6-21(22)33-26/h3,7-15,25H,4-6H2,1-2H3/q-1. The highest BCUT2D eigenvalue weighted by atomic mass is 19.4. The second-order valence-electron chi connectivity index (χ2n) is 8.63. The van der Waals surface area contributed by atoms with Crippen LogP contribution in [-0.2, 0) is 12.6 Å². The number of benzene rings is 2. The summed E-state index contributed by atoms with van der Waals surface area (Å²) in [4.78, 5) is 4.78. The van der Waals surface area contributed by atoms with Gasteiger partial charge in [-0.25, -0.2) is 14.4 Å². The van der Waals surface area contributed by atoms with E-state index in [4.69, 9.17) is 11.6 Å². The summed E-state index contributed by atoms with van der Waals surface area (Å²) in [5.74, 6) is -0.579. The lowest BCUT2D eigenvalue weighted by atomic mass is 9.80. The second-order valence-corrected chi connectivity index (χ2v) is 8.63. The highest BCUT2D eigenvalue weighted by Crippen LogP contribution is 2.46. The number of alkyl halides is 4. The summed E-state index contributed by atoms with van der Waals surface area (Å²) >= 11 is 0. The molecule has 0 bridgehead atoms. The molecular weight excluding hydrogens is 433 g/mol. The first-order valence-corrected chi connectivity index (χ1v) is 10.8. The molecule has 6 heteroatoms. The summed E-state index contributed by atoms with van der Waals surface area (Å²) in [6.07, 6.45) is -4.12. The third-order valence-electron chi connectivity index (χ3n) is 5.98. The van der Waals surface area contributed by atoms with Crippen LogP contribution in [0.2, 0.25) is 0 Å². The van der Waals surface area contributed by atoms with Gasteiger partial charge in [-0.2, -0.15) is 13.2 Å². The Bertz CT molecular complexity index is 1180. The van der Waals surface area contributed by atoms with Crippen LogP contribution in [-0.4, -0.2) is 4.98 Å². The lowest BCUT2D eigenvalue weighted by molar-refractivity contribution is -0.137. The minimum Gasteiger partial charge on any atom is -0.289 e. The number of nitrogens with zero attached hydrogens (tertiary/aromatic N) is 1.